The second kappa shape index (κ2) is 8.48. The fraction of sp³-hybridized carbons (Fsp3) is 0.588. The summed E-state index contributed by atoms with van der Waals surface area (Å²) in [5.74, 6) is 0.754. The third-order valence-electron chi connectivity index (χ3n) is 3.45. The molecular weight excluding hydrogens is 324 g/mol. The molecule has 0 radical (unpaired) electrons. The highest BCUT2D eigenvalue weighted by Gasteiger charge is 2.22. The summed E-state index contributed by atoms with van der Waals surface area (Å²) in [5.41, 5.74) is 1.83. The van der Waals surface area contributed by atoms with Crippen molar-refractivity contribution in [3.05, 3.63) is 35.4 Å². The van der Waals surface area contributed by atoms with Gasteiger partial charge in [0.25, 0.3) is 0 Å². The summed E-state index contributed by atoms with van der Waals surface area (Å²) in [5, 5.41) is 3.26. The smallest absolute Gasteiger partial charge is 0.209 e. The predicted molar refractivity (Wildman–Crippen MR) is 101 cm³/mol. The molecular formula is C17H30N4O2S. The number of hydrogen-bond acceptors (Lipinski definition) is 3. The summed E-state index contributed by atoms with van der Waals surface area (Å²) in [6.07, 6.45) is 1.16. The molecule has 1 aromatic rings. The maximum absolute atomic E-state index is 11.4. The van der Waals surface area contributed by atoms with E-state index in [9.17, 15) is 8.42 Å². The minimum Gasteiger partial charge on any atom is -0.357 e. The lowest BCUT2D eigenvalue weighted by atomic mass is 10.1. The van der Waals surface area contributed by atoms with Crippen molar-refractivity contribution < 1.29 is 8.42 Å². The van der Waals surface area contributed by atoms with Crippen LogP contribution in [0.25, 0.3) is 0 Å². The molecule has 0 saturated heterocycles. The number of nitrogens with one attached hydrogen (secondary N) is 2. The van der Waals surface area contributed by atoms with Crippen LogP contribution in [0.3, 0.4) is 0 Å². The standard InChI is InChI=1S/C17H30N4O2S/c1-7-18-16(19-13-17(3,4)20-24(6,22)23)21(5)12-15-11-9-8-10-14(15)2/h8-11,20H,7,12-13H2,1-6H3,(H,18,19). The Balaban J connectivity index is 2.86. The van der Waals surface area contributed by atoms with Gasteiger partial charge in [-0.15, -0.1) is 0 Å². The molecule has 1 aromatic carbocycles. The summed E-state index contributed by atoms with van der Waals surface area (Å²) in [4.78, 5) is 6.64. The molecule has 0 bridgehead atoms. The van der Waals surface area contributed by atoms with Crippen LogP contribution in [-0.2, 0) is 16.6 Å². The number of nitrogens with zero attached hydrogens (tertiary/aromatic N) is 2. The van der Waals surface area contributed by atoms with Gasteiger partial charge in [0.05, 0.1) is 12.8 Å². The lowest BCUT2D eigenvalue weighted by molar-refractivity contribution is 0.446. The Bertz CT molecular complexity index is 669. The average Bonchev–Trinajstić information content (AvgIpc) is 2.43. The molecule has 0 fully saturated rings. The van der Waals surface area contributed by atoms with E-state index in [0.717, 1.165) is 25.3 Å². The number of sulfonamides is 1. The molecule has 0 aromatic heterocycles. The monoisotopic (exact) mass is 354 g/mol. The Hall–Kier alpha value is -1.60. The van der Waals surface area contributed by atoms with Crippen LogP contribution in [-0.4, -0.2) is 51.2 Å². The summed E-state index contributed by atoms with van der Waals surface area (Å²) in [6, 6.07) is 8.24. The van der Waals surface area contributed by atoms with Gasteiger partial charge in [0.2, 0.25) is 10.0 Å². The highest BCUT2D eigenvalue weighted by atomic mass is 32.2. The first-order valence-corrected chi connectivity index (χ1v) is 9.96. The van der Waals surface area contributed by atoms with E-state index in [2.05, 4.69) is 34.1 Å². The molecule has 0 amide bonds. The molecule has 0 aliphatic rings. The van der Waals surface area contributed by atoms with Gasteiger partial charge < -0.3 is 10.2 Å². The first kappa shape index (κ1) is 20.4. The van der Waals surface area contributed by atoms with Gasteiger partial charge in [-0.05, 0) is 38.8 Å². The van der Waals surface area contributed by atoms with Crippen LogP contribution in [0.1, 0.15) is 31.9 Å². The van der Waals surface area contributed by atoms with Gasteiger partial charge in [0, 0.05) is 25.7 Å². The number of aliphatic imine (C=N–C) groups is 1. The van der Waals surface area contributed by atoms with Gasteiger partial charge in [-0.2, -0.15) is 0 Å². The van der Waals surface area contributed by atoms with E-state index >= 15 is 0 Å². The zero-order chi connectivity index (χ0) is 18.4. The highest BCUT2D eigenvalue weighted by Crippen LogP contribution is 2.10. The number of aryl methyl sites for hydroxylation is 1. The second-order valence-electron chi connectivity index (χ2n) is 6.71. The van der Waals surface area contributed by atoms with Crippen LogP contribution in [0.4, 0.5) is 0 Å². The van der Waals surface area contributed by atoms with Crippen molar-refractivity contribution in [2.45, 2.75) is 39.8 Å². The largest absolute Gasteiger partial charge is 0.357 e. The first-order valence-electron chi connectivity index (χ1n) is 8.07. The van der Waals surface area contributed by atoms with Gasteiger partial charge in [0.1, 0.15) is 0 Å². The zero-order valence-corrected chi connectivity index (χ0v) is 16.4. The van der Waals surface area contributed by atoms with Crippen molar-refractivity contribution in [2.75, 3.05) is 26.4 Å². The predicted octanol–water partition coefficient (Wildman–Crippen LogP) is 1.72. The van der Waals surface area contributed by atoms with E-state index in [4.69, 9.17) is 0 Å². The molecule has 0 aliphatic heterocycles. The summed E-state index contributed by atoms with van der Waals surface area (Å²) in [7, 11) is -1.29. The van der Waals surface area contributed by atoms with E-state index in [1.165, 1.54) is 11.1 Å². The molecule has 6 nitrogen and oxygen atoms in total. The number of guanidine groups is 1. The van der Waals surface area contributed by atoms with E-state index in [0.29, 0.717) is 6.54 Å². The summed E-state index contributed by atoms with van der Waals surface area (Å²) < 4.78 is 25.5. The summed E-state index contributed by atoms with van der Waals surface area (Å²) >= 11 is 0. The van der Waals surface area contributed by atoms with Crippen LogP contribution in [0.2, 0.25) is 0 Å². The van der Waals surface area contributed by atoms with Crippen LogP contribution < -0.4 is 10.0 Å². The normalized spacial score (nSPS) is 13.0. The molecule has 136 valence electrons. The van der Waals surface area contributed by atoms with Gasteiger partial charge in [-0.3, -0.25) is 4.99 Å². The summed E-state index contributed by atoms with van der Waals surface area (Å²) in [6.45, 7) is 9.57. The molecule has 0 heterocycles. The van der Waals surface area contributed by atoms with Crippen molar-refractivity contribution in [3.63, 3.8) is 0 Å². The lowest BCUT2D eigenvalue weighted by Gasteiger charge is -2.26. The first-order chi connectivity index (χ1) is 11.0. The fourth-order valence-electron chi connectivity index (χ4n) is 2.39. The van der Waals surface area contributed by atoms with Crippen LogP contribution >= 0.6 is 0 Å². The molecule has 0 spiro atoms. The second-order valence-corrected chi connectivity index (χ2v) is 8.46. The van der Waals surface area contributed by atoms with Gasteiger partial charge in [-0.1, -0.05) is 24.3 Å². The number of benzene rings is 1. The minimum absolute atomic E-state index is 0.348. The Morgan fingerprint density at radius 2 is 1.92 bits per heavy atom. The minimum atomic E-state index is -3.27. The van der Waals surface area contributed by atoms with Crippen LogP contribution in [0.15, 0.2) is 29.3 Å². The van der Waals surface area contributed by atoms with Crippen molar-refractivity contribution in [2.24, 2.45) is 4.99 Å². The quantitative estimate of drug-likeness (QED) is 0.578. The molecule has 0 aliphatic carbocycles. The average molecular weight is 355 g/mol. The number of rotatable bonds is 7. The van der Waals surface area contributed by atoms with Gasteiger partial charge in [0.15, 0.2) is 5.96 Å². The van der Waals surface area contributed by atoms with Crippen molar-refractivity contribution in [1.82, 2.24) is 14.9 Å². The maximum atomic E-state index is 11.4. The molecule has 0 atom stereocenters. The molecule has 24 heavy (non-hydrogen) atoms. The molecule has 0 unspecified atom stereocenters. The molecule has 1 rings (SSSR count). The Labute approximate surface area is 146 Å². The Morgan fingerprint density at radius 3 is 2.46 bits per heavy atom. The Morgan fingerprint density at radius 1 is 1.29 bits per heavy atom. The number of hydrogen-bond donors (Lipinski definition) is 2. The van der Waals surface area contributed by atoms with Crippen molar-refractivity contribution in [3.8, 4) is 0 Å². The van der Waals surface area contributed by atoms with Crippen LogP contribution in [0.5, 0.6) is 0 Å². The van der Waals surface area contributed by atoms with E-state index in [1.54, 1.807) is 0 Å². The molecule has 2 N–H and O–H groups in total. The molecule has 7 heteroatoms. The third kappa shape index (κ3) is 7.31. The zero-order valence-electron chi connectivity index (χ0n) is 15.5. The van der Waals surface area contributed by atoms with E-state index < -0.39 is 15.6 Å². The van der Waals surface area contributed by atoms with E-state index in [-0.39, 0.29) is 0 Å². The SMILES string of the molecule is CCNC(=NCC(C)(C)NS(C)(=O)=O)N(C)Cc1ccccc1C. The van der Waals surface area contributed by atoms with Crippen molar-refractivity contribution in [1.29, 1.82) is 0 Å². The maximum Gasteiger partial charge on any atom is 0.209 e. The van der Waals surface area contributed by atoms with Gasteiger partial charge >= 0.3 is 0 Å². The molecule has 0 saturated carbocycles. The Kier molecular flexibility index (Phi) is 7.23. The fourth-order valence-corrected chi connectivity index (χ4v) is 3.46. The van der Waals surface area contributed by atoms with Crippen LogP contribution in [0, 0.1) is 6.92 Å². The highest BCUT2D eigenvalue weighted by molar-refractivity contribution is 7.88. The van der Waals surface area contributed by atoms with E-state index in [1.807, 2.05) is 44.9 Å². The third-order valence-corrected chi connectivity index (χ3v) is 4.37. The van der Waals surface area contributed by atoms with Gasteiger partial charge in [-0.25, -0.2) is 13.1 Å². The lowest BCUT2D eigenvalue weighted by Crippen LogP contribution is -2.47. The topological polar surface area (TPSA) is 73.8 Å². The van der Waals surface area contributed by atoms with Crippen molar-refractivity contribution >= 4 is 16.0 Å².